The molecule has 2 aromatic rings. The Morgan fingerprint density at radius 3 is 2.91 bits per heavy atom. The van der Waals surface area contributed by atoms with Crippen molar-refractivity contribution in [3.63, 3.8) is 0 Å². The Kier molecular flexibility index (Phi) is 1.47. The average molecular weight is 161 g/mol. The summed E-state index contributed by atoms with van der Waals surface area (Å²) in [5.41, 5.74) is 0.0550. The van der Waals surface area contributed by atoms with E-state index in [4.69, 9.17) is 0 Å². The molecular formula is C9H5OS. The molecule has 2 heteroatoms. The van der Waals surface area contributed by atoms with Gasteiger partial charge in [-0.05, 0) is 12.1 Å². The number of rotatable bonds is 0. The van der Waals surface area contributed by atoms with Gasteiger partial charge >= 0.3 is 0 Å². The normalized spacial score (nSPS) is 10.2. The maximum atomic E-state index is 11.2. The average Bonchev–Trinajstić information content (AvgIpc) is 2.06. The van der Waals surface area contributed by atoms with Crippen LogP contribution in [0.5, 0.6) is 0 Å². The summed E-state index contributed by atoms with van der Waals surface area (Å²) in [6.07, 6.45) is 0. The lowest BCUT2D eigenvalue weighted by Crippen LogP contribution is -1.95. The number of hydrogen-bond donors (Lipinski definition) is 0. The van der Waals surface area contributed by atoms with E-state index in [2.05, 4.69) is 5.38 Å². The van der Waals surface area contributed by atoms with Crippen LogP contribution in [0.2, 0.25) is 0 Å². The molecule has 0 aliphatic rings. The highest BCUT2D eigenvalue weighted by molar-refractivity contribution is 7.16. The van der Waals surface area contributed by atoms with Crippen molar-refractivity contribution in [2.75, 3.05) is 0 Å². The zero-order chi connectivity index (χ0) is 7.68. The molecule has 0 fully saturated rings. The minimum atomic E-state index is 0.0550. The number of benzene rings is 1. The van der Waals surface area contributed by atoms with Gasteiger partial charge in [0, 0.05) is 21.5 Å². The molecule has 1 aromatic heterocycles. The Morgan fingerprint density at radius 1 is 1.27 bits per heavy atom. The van der Waals surface area contributed by atoms with Gasteiger partial charge in [-0.3, -0.25) is 4.79 Å². The largest absolute Gasteiger partial charge is 0.289 e. The molecule has 0 aliphatic heterocycles. The van der Waals surface area contributed by atoms with E-state index in [-0.39, 0.29) is 5.43 Å². The van der Waals surface area contributed by atoms with Crippen molar-refractivity contribution < 1.29 is 0 Å². The van der Waals surface area contributed by atoms with Gasteiger partial charge in [0.15, 0.2) is 5.43 Å². The predicted molar refractivity (Wildman–Crippen MR) is 46.9 cm³/mol. The Hall–Kier alpha value is -1.15. The Labute approximate surface area is 67.9 Å². The van der Waals surface area contributed by atoms with Crippen LogP contribution < -0.4 is 5.43 Å². The fourth-order valence-electron chi connectivity index (χ4n) is 0.983. The van der Waals surface area contributed by atoms with E-state index in [1.807, 2.05) is 24.3 Å². The molecule has 1 nitrogen and oxygen atoms in total. The van der Waals surface area contributed by atoms with Crippen molar-refractivity contribution in [1.29, 1.82) is 0 Å². The van der Waals surface area contributed by atoms with Crippen LogP contribution in [0.3, 0.4) is 0 Å². The highest BCUT2D eigenvalue weighted by Crippen LogP contribution is 2.12. The lowest BCUT2D eigenvalue weighted by molar-refractivity contribution is 1.72. The first-order valence-corrected chi connectivity index (χ1v) is 4.08. The third-order valence-electron chi connectivity index (χ3n) is 1.51. The van der Waals surface area contributed by atoms with Crippen LogP contribution >= 0.6 is 11.3 Å². The maximum Gasteiger partial charge on any atom is 0.188 e. The molecule has 53 valence electrons. The van der Waals surface area contributed by atoms with Crippen molar-refractivity contribution in [3.05, 3.63) is 45.9 Å². The molecule has 1 aromatic carbocycles. The fraction of sp³-hybridized carbons (Fsp3) is 0. The monoisotopic (exact) mass is 161 g/mol. The van der Waals surface area contributed by atoms with Gasteiger partial charge in [-0.25, -0.2) is 0 Å². The highest BCUT2D eigenvalue weighted by Gasteiger charge is 1.93. The second-order valence-corrected chi connectivity index (χ2v) is 3.10. The molecule has 2 rings (SSSR count). The molecule has 0 N–H and O–H groups in total. The second kappa shape index (κ2) is 2.47. The fourth-order valence-corrected chi connectivity index (χ4v) is 1.70. The summed E-state index contributed by atoms with van der Waals surface area (Å²) in [6.45, 7) is 0. The van der Waals surface area contributed by atoms with Gasteiger partial charge in [0.05, 0.1) is 0 Å². The van der Waals surface area contributed by atoms with E-state index in [0.717, 1.165) is 10.1 Å². The molecule has 0 atom stereocenters. The molecule has 1 radical (unpaired) electrons. The van der Waals surface area contributed by atoms with Crippen LogP contribution in [-0.2, 0) is 0 Å². The number of fused-ring (bicyclic) bond motifs is 1. The van der Waals surface area contributed by atoms with Crippen LogP contribution in [-0.4, -0.2) is 0 Å². The number of hydrogen-bond acceptors (Lipinski definition) is 2. The van der Waals surface area contributed by atoms with E-state index in [0.29, 0.717) is 0 Å². The van der Waals surface area contributed by atoms with Crippen LogP contribution in [0.1, 0.15) is 0 Å². The predicted octanol–water partition coefficient (Wildman–Crippen LogP) is 2.06. The van der Waals surface area contributed by atoms with Crippen molar-refractivity contribution in [2.24, 2.45) is 0 Å². The highest BCUT2D eigenvalue weighted by atomic mass is 32.1. The summed E-state index contributed by atoms with van der Waals surface area (Å²) in [5, 5.41) is 3.62. The van der Waals surface area contributed by atoms with Gasteiger partial charge in [-0.2, -0.15) is 0 Å². The van der Waals surface area contributed by atoms with E-state index >= 15 is 0 Å². The molecular weight excluding hydrogens is 156 g/mol. The molecule has 11 heavy (non-hydrogen) atoms. The van der Waals surface area contributed by atoms with Crippen molar-refractivity contribution in [2.45, 2.75) is 0 Å². The Bertz CT molecular complexity index is 425. The summed E-state index contributed by atoms with van der Waals surface area (Å²) in [7, 11) is 0. The summed E-state index contributed by atoms with van der Waals surface area (Å²) in [4.78, 5) is 11.2. The first-order chi connectivity index (χ1) is 5.38. The van der Waals surface area contributed by atoms with E-state index < -0.39 is 0 Å². The van der Waals surface area contributed by atoms with Gasteiger partial charge in [-0.15, -0.1) is 11.3 Å². The molecule has 0 unspecified atom stereocenters. The van der Waals surface area contributed by atoms with Crippen molar-refractivity contribution in [3.8, 4) is 0 Å². The van der Waals surface area contributed by atoms with Gasteiger partial charge in [0.1, 0.15) is 0 Å². The zero-order valence-electron chi connectivity index (χ0n) is 5.70. The zero-order valence-corrected chi connectivity index (χ0v) is 6.52. The van der Waals surface area contributed by atoms with Gasteiger partial charge < -0.3 is 0 Å². The minimum absolute atomic E-state index is 0.0550. The SMILES string of the molecule is O=c1c[c]sc2ccccc12. The summed E-state index contributed by atoms with van der Waals surface area (Å²) in [5.74, 6) is 0. The van der Waals surface area contributed by atoms with Crippen molar-refractivity contribution in [1.82, 2.24) is 0 Å². The summed E-state index contributed by atoms with van der Waals surface area (Å²) >= 11 is 1.47. The minimum Gasteiger partial charge on any atom is -0.289 e. The summed E-state index contributed by atoms with van der Waals surface area (Å²) < 4.78 is 1.00. The standard InChI is InChI=1S/C9H5OS/c10-8-5-6-11-9-4-2-1-3-7(8)9/h1-5H. The lowest BCUT2D eigenvalue weighted by atomic mass is 10.2. The molecule has 0 saturated carbocycles. The lowest BCUT2D eigenvalue weighted by Gasteiger charge is -1.90. The first kappa shape index (κ1) is 6.55. The van der Waals surface area contributed by atoms with Crippen LogP contribution in [0.25, 0.3) is 10.1 Å². The van der Waals surface area contributed by atoms with Gasteiger partial charge in [0.2, 0.25) is 0 Å². The smallest absolute Gasteiger partial charge is 0.188 e. The van der Waals surface area contributed by atoms with Crippen LogP contribution in [0.4, 0.5) is 0 Å². The Balaban J connectivity index is 3.03. The molecule has 0 spiro atoms. The van der Waals surface area contributed by atoms with Crippen molar-refractivity contribution >= 4 is 21.4 Å². The molecule has 0 aliphatic carbocycles. The first-order valence-electron chi connectivity index (χ1n) is 3.27. The van der Waals surface area contributed by atoms with Gasteiger partial charge in [0.25, 0.3) is 0 Å². The summed E-state index contributed by atoms with van der Waals surface area (Å²) in [6, 6.07) is 9.04. The third kappa shape index (κ3) is 1.05. The Morgan fingerprint density at radius 2 is 2.09 bits per heavy atom. The van der Waals surface area contributed by atoms with E-state index in [1.54, 1.807) is 0 Å². The third-order valence-corrected chi connectivity index (χ3v) is 2.32. The quantitative estimate of drug-likeness (QED) is 0.578. The van der Waals surface area contributed by atoms with E-state index in [1.165, 1.54) is 17.4 Å². The van der Waals surface area contributed by atoms with E-state index in [9.17, 15) is 4.79 Å². The molecule has 0 saturated heterocycles. The van der Waals surface area contributed by atoms with Gasteiger partial charge in [-0.1, -0.05) is 12.1 Å². The maximum absolute atomic E-state index is 11.2. The topological polar surface area (TPSA) is 17.1 Å². The molecule has 0 amide bonds. The van der Waals surface area contributed by atoms with Crippen LogP contribution in [0, 0.1) is 5.38 Å². The molecule has 1 heterocycles. The van der Waals surface area contributed by atoms with Crippen LogP contribution in [0.15, 0.2) is 35.1 Å². The second-order valence-electron chi connectivity index (χ2n) is 2.22. The molecule has 0 bridgehead atoms.